The Morgan fingerprint density at radius 1 is 0.526 bits per heavy atom. The van der Waals surface area contributed by atoms with Crippen molar-refractivity contribution in [2.75, 3.05) is 0 Å². The molecule has 19 heavy (non-hydrogen) atoms. The van der Waals surface area contributed by atoms with Crippen molar-refractivity contribution in [1.82, 2.24) is 0 Å². The lowest BCUT2D eigenvalue weighted by Gasteiger charge is -1.87. The molecule has 0 nitrogen and oxygen atoms in total. The first-order chi connectivity index (χ1) is 9.50. The molecule has 97 valence electrons. The molecular formula is C19H21. The van der Waals surface area contributed by atoms with E-state index < -0.39 is 0 Å². The molecule has 0 aliphatic heterocycles. The predicted octanol–water partition coefficient (Wildman–Crippen LogP) is 5.42. The van der Waals surface area contributed by atoms with E-state index in [1.807, 2.05) is 72.9 Å². The molecule has 1 rings (SSSR count). The zero-order valence-electron chi connectivity index (χ0n) is 11.3. The number of hydrogen-bond donors (Lipinski definition) is 0. The van der Waals surface area contributed by atoms with Gasteiger partial charge in [0.15, 0.2) is 0 Å². The Kier molecular flexibility index (Phi) is 9.76. The summed E-state index contributed by atoms with van der Waals surface area (Å²) in [5, 5.41) is 0. The fourth-order valence-corrected chi connectivity index (χ4v) is 1.41. The van der Waals surface area contributed by atoms with Gasteiger partial charge in [-0.15, -0.1) is 0 Å². The van der Waals surface area contributed by atoms with E-state index in [-0.39, 0.29) is 0 Å². The largest absolute Gasteiger partial charge is 0.0845 e. The normalized spacial score (nSPS) is 30.7. The Morgan fingerprint density at radius 3 is 1.58 bits per heavy atom. The molecule has 0 unspecified atom stereocenters. The summed E-state index contributed by atoms with van der Waals surface area (Å²) in [6.45, 7) is 0. The van der Waals surface area contributed by atoms with Gasteiger partial charge in [-0.2, -0.15) is 0 Å². The van der Waals surface area contributed by atoms with Crippen molar-refractivity contribution in [3.63, 3.8) is 0 Å². The number of hydrogen-bond acceptors (Lipinski definition) is 0. The Balaban J connectivity index is 2.54. The van der Waals surface area contributed by atoms with E-state index in [1.165, 1.54) is 0 Å². The minimum atomic E-state index is 1.01. The van der Waals surface area contributed by atoms with Crippen LogP contribution in [0.2, 0.25) is 0 Å². The van der Waals surface area contributed by atoms with Gasteiger partial charge in [0.1, 0.15) is 0 Å². The maximum Gasteiger partial charge on any atom is -0.0273 e. The van der Waals surface area contributed by atoms with Crippen LogP contribution in [0.15, 0.2) is 91.1 Å². The molecule has 0 spiro atoms. The molecule has 0 aromatic heterocycles. The standard InChI is InChI=1S/C19H21/c1-2-4-6-8-10-12-14-16-18-19-17-15-13-11-9-7-5-3-1/h1-15H,16,18-19H2/b2-1+,5-3-,6-4+,9-7+,10-8-,13-11+,14-12+,17-15?. The van der Waals surface area contributed by atoms with Crippen LogP contribution in [0.3, 0.4) is 0 Å². The summed E-state index contributed by atoms with van der Waals surface area (Å²) in [5.41, 5.74) is 0. The van der Waals surface area contributed by atoms with Crippen LogP contribution in [0.25, 0.3) is 0 Å². The highest BCUT2D eigenvalue weighted by molar-refractivity contribution is 5.21. The molecule has 0 fully saturated rings. The number of rotatable bonds is 0. The molecular weight excluding hydrogens is 228 g/mol. The molecule has 0 bridgehead atoms. The van der Waals surface area contributed by atoms with Gasteiger partial charge in [-0.05, 0) is 25.3 Å². The lowest BCUT2D eigenvalue weighted by Crippen LogP contribution is -1.68. The quantitative estimate of drug-likeness (QED) is 0.537. The smallest absolute Gasteiger partial charge is 0.0273 e. The van der Waals surface area contributed by atoms with Crippen LogP contribution in [0.4, 0.5) is 0 Å². The minimum Gasteiger partial charge on any atom is -0.0845 e. The maximum absolute atomic E-state index is 3.26. The summed E-state index contributed by atoms with van der Waals surface area (Å²) in [6.07, 6.45) is 37.0. The van der Waals surface area contributed by atoms with Crippen LogP contribution in [0, 0.1) is 6.08 Å². The first kappa shape index (κ1) is 15.0. The SMILES string of the molecule is [C]1=C/C=C/C=C/C=C\C=C\C=C\C=C/C=C/CCC/1. The molecule has 0 aromatic rings. The van der Waals surface area contributed by atoms with Crippen molar-refractivity contribution in [2.45, 2.75) is 19.3 Å². The topological polar surface area (TPSA) is 0 Å². The molecule has 0 aromatic carbocycles. The van der Waals surface area contributed by atoms with Gasteiger partial charge < -0.3 is 0 Å². The van der Waals surface area contributed by atoms with Gasteiger partial charge >= 0.3 is 0 Å². The van der Waals surface area contributed by atoms with Crippen molar-refractivity contribution in [2.24, 2.45) is 0 Å². The Hall–Kier alpha value is -2.08. The van der Waals surface area contributed by atoms with Gasteiger partial charge in [0, 0.05) is 0 Å². The molecule has 0 saturated heterocycles. The maximum atomic E-state index is 3.26. The van der Waals surface area contributed by atoms with Gasteiger partial charge in [-0.3, -0.25) is 0 Å². The van der Waals surface area contributed by atoms with Crippen LogP contribution < -0.4 is 0 Å². The summed E-state index contributed by atoms with van der Waals surface area (Å²) >= 11 is 0. The lowest BCUT2D eigenvalue weighted by molar-refractivity contribution is 0.855. The monoisotopic (exact) mass is 249 g/mol. The van der Waals surface area contributed by atoms with Crippen LogP contribution >= 0.6 is 0 Å². The highest BCUT2D eigenvalue weighted by Gasteiger charge is 1.79. The van der Waals surface area contributed by atoms with E-state index in [0.29, 0.717) is 0 Å². The molecule has 0 N–H and O–H groups in total. The molecule has 0 heterocycles. The average molecular weight is 249 g/mol. The zero-order chi connectivity index (χ0) is 13.4. The van der Waals surface area contributed by atoms with Gasteiger partial charge in [0.25, 0.3) is 0 Å². The lowest BCUT2D eigenvalue weighted by atomic mass is 10.2. The van der Waals surface area contributed by atoms with Crippen molar-refractivity contribution < 1.29 is 0 Å². The van der Waals surface area contributed by atoms with Gasteiger partial charge in [0.2, 0.25) is 0 Å². The Morgan fingerprint density at radius 2 is 1.00 bits per heavy atom. The molecule has 1 aliphatic rings. The summed E-state index contributed by atoms with van der Waals surface area (Å²) in [5.74, 6) is 0. The predicted molar refractivity (Wildman–Crippen MR) is 85.6 cm³/mol. The van der Waals surface area contributed by atoms with Crippen molar-refractivity contribution in [3.05, 3.63) is 97.2 Å². The van der Waals surface area contributed by atoms with E-state index in [1.54, 1.807) is 0 Å². The second kappa shape index (κ2) is 12.4. The second-order valence-corrected chi connectivity index (χ2v) is 4.00. The van der Waals surface area contributed by atoms with E-state index in [2.05, 4.69) is 24.3 Å². The molecule has 0 heteroatoms. The van der Waals surface area contributed by atoms with Crippen LogP contribution in [0.1, 0.15) is 19.3 Å². The molecule has 0 amide bonds. The van der Waals surface area contributed by atoms with Crippen LogP contribution in [0.5, 0.6) is 0 Å². The van der Waals surface area contributed by atoms with E-state index in [9.17, 15) is 0 Å². The third kappa shape index (κ3) is 10.8. The third-order valence-corrected chi connectivity index (χ3v) is 2.38. The first-order valence-corrected chi connectivity index (χ1v) is 6.72. The fourth-order valence-electron chi connectivity index (χ4n) is 1.41. The molecule has 1 radical (unpaired) electrons. The van der Waals surface area contributed by atoms with Gasteiger partial charge in [-0.25, -0.2) is 0 Å². The van der Waals surface area contributed by atoms with E-state index in [0.717, 1.165) is 19.3 Å². The highest BCUT2D eigenvalue weighted by Crippen LogP contribution is 1.98. The molecule has 0 atom stereocenters. The van der Waals surface area contributed by atoms with E-state index >= 15 is 0 Å². The summed E-state index contributed by atoms with van der Waals surface area (Å²) < 4.78 is 0. The van der Waals surface area contributed by atoms with Crippen molar-refractivity contribution in [3.8, 4) is 0 Å². The van der Waals surface area contributed by atoms with E-state index in [4.69, 9.17) is 0 Å². The van der Waals surface area contributed by atoms with Crippen LogP contribution in [-0.2, 0) is 0 Å². The zero-order valence-corrected chi connectivity index (χ0v) is 11.3. The number of allylic oxidation sites excluding steroid dienone is 16. The molecule has 1 aliphatic carbocycles. The van der Waals surface area contributed by atoms with Crippen molar-refractivity contribution >= 4 is 0 Å². The summed E-state index contributed by atoms with van der Waals surface area (Å²) in [7, 11) is 0. The van der Waals surface area contributed by atoms with Crippen molar-refractivity contribution in [1.29, 1.82) is 0 Å². The summed E-state index contributed by atoms with van der Waals surface area (Å²) in [4.78, 5) is 0. The summed E-state index contributed by atoms with van der Waals surface area (Å²) in [6, 6.07) is 0. The minimum absolute atomic E-state index is 1.01. The third-order valence-electron chi connectivity index (χ3n) is 2.38. The fraction of sp³-hybridized carbons (Fsp3) is 0.158. The van der Waals surface area contributed by atoms with Gasteiger partial charge in [0.05, 0.1) is 0 Å². The average Bonchev–Trinajstić information content (AvgIpc) is 2.43. The second-order valence-electron chi connectivity index (χ2n) is 4.00. The highest BCUT2D eigenvalue weighted by atomic mass is 13.8. The molecule has 0 saturated carbocycles. The first-order valence-electron chi connectivity index (χ1n) is 6.72. The Labute approximate surface area is 117 Å². The van der Waals surface area contributed by atoms with Crippen LogP contribution in [-0.4, -0.2) is 0 Å². The van der Waals surface area contributed by atoms with Gasteiger partial charge in [-0.1, -0.05) is 91.1 Å². The Bertz CT molecular complexity index is 393.